The molecule has 22 heavy (non-hydrogen) atoms. The molecule has 0 saturated carbocycles. The first-order valence-electron chi connectivity index (χ1n) is 7.19. The maximum atomic E-state index is 11.9. The normalized spacial score (nSPS) is 10.1. The molecule has 0 spiro atoms. The Kier molecular flexibility index (Phi) is 5.42. The number of ether oxygens (including phenoxy) is 2. The zero-order valence-corrected chi connectivity index (χ0v) is 13.2. The maximum Gasteiger partial charge on any atom is 0.258 e. The van der Waals surface area contributed by atoms with Gasteiger partial charge in [-0.25, -0.2) is 0 Å². The summed E-state index contributed by atoms with van der Waals surface area (Å²) in [6.07, 6.45) is 0. The molecule has 0 aliphatic rings. The number of hydrogen-bond donors (Lipinski definition) is 1. The highest BCUT2D eigenvalue weighted by molar-refractivity contribution is 5.77. The van der Waals surface area contributed by atoms with E-state index < -0.39 is 0 Å². The molecular formula is C18H21NO3. The van der Waals surface area contributed by atoms with Crippen LogP contribution in [0.2, 0.25) is 0 Å². The molecule has 0 bridgehead atoms. The summed E-state index contributed by atoms with van der Waals surface area (Å²) < 4.78 is 10.7. The Morgan fingerprint density at radius 3 is 2.27 bits per heavy atom. The third kappa shape index (κ3) is 4.25. The van der Waals surface area contributed by atoms with Crippen molar-refractivity contribution < 1.29 is 14.3 Å². The van der Waals surface area contributed by atoms with E-state index in [0.29, 0.717) is 6.54 Å². The first-order chi connectivity index (χ1) is 10.6. The highest BCUT2D eigenvalue weighted by atomic mass is 16.5. The Hall–Kier alpha value is -2.49. The van der Waals surface area contributed by atoms with Gasteiger partial charge in [0.1, 0.15) is 11.5 Å². The fourth-order valence-corrected chi connectivity index (χ4v) is 2.16. The van der Waals surface area contributed by atoms with E-state index in [9.17, 15) is 4.79 Å². The Balaban J connectivity index is 1.83. The van der Waals surface area contributed by atoms with E-state index in [4.69, 9.17) is 9.47 Å². The van der Waals surface area contributed by atoms with E-state index in [2.05, 4.69) is 5.32 Å². The van der Waals surface area contributed by atoms with Crippen LogP contribution in [0.4, 0.5) is 0 Å². The lowest BCUT2D eigenvalue weighted by Crippen LogP contribution is -2.28. The summed E-state index contributed by atoms with van der Waals surface area (Å²) in [5.41, 5.74) is 3.08. The summed E-state index contributed by atoms with van der Waals surface area (Å²) in [4.78, 5) is 11.9. The first-order valence-corrected chi connectivity index (χ1v) is 7.19. The number of para-hydroxylation sites is 1. The number of hydrogen-bond acceptors (Lipinski definition) is 3. The van der Waals surface area contributed by atoms with Gasteiger partial charge in [-0.2, -0.15) is 0 Å². The van der Waals surface area contributed by atoms with Crippen LogP contribution in [0.5, 0.6) is 11.5 Å². The third-order valence-electron chi connectivity index (χ3n) is 3.41. The van der Waals surface area contributed by atoms with Crippen molar-refractivity contribution >= 4 is 5.91 Å². The molecule has 0 fully saturated rings. The van der Waals surface area contributed by atoms with Gasteiger partial charge in [0.25, 0.3) is 5.91 Å². The van der Waals surface area contributed by atoms with Gasteiger partial charge in [-0.3, -0.25) is 4.79 Å². The summed E-state index contributed by atoms with van der Waals surface area (Å²) >= 11 is 0. The van der Waals surface area contributed by atoms with E-state index in [1.165, 1.54) is 0 Å². The van der Waals surface area contributed by atoms with E-state index in [0.717, 1.165) is 28.2 Å². The SMILES string of the molecule is COc1ccc(CNC(=O)COc2c(C)cccc2C)cc1. The average molecular weight is 299 g/mol. The van der Waals surface area contributed by atoms with E-state index in [-0.39, 0.29) is 12.5 Å². The summed E-state index contributed by atoms with van der Waals surface area (Å²) in [6, 6.07) is 13.5. The number of rotatable bonds is 6. The van der Waals surface area contributed by atoms with Crippen LogP contribution in [-0.4, -0.2) is 19.6 Å². The molecule has 0 unspecified atom stereocenters. The zero-order valence-electron chi connectivity index (χ0n) is 13.2. The predicted molar refractivity (Wildman–Crippen MR) is 86.3 cm³/mol. The quantitative estimate of drug-likeness (QED) is 0.892. The fraction of sp³-hybridized carbons (Fsp3) is 0.278. The lowest BCUT2D eigenvalue weighted by molar-refractivity contribution is -0.123. The molecule has 2 aromatic carbocycles. The second-order valence-electron chi connectivity index (χ2n) is 5.13. The van der Waals surface area contributed by atoms with Gasteiger partial charge in [0.15, 0.2) is 6.61 Å². The van der Waals surface area contributed by atoms with Gasteiger partial charge < -0.3 is 14.8 Å². The highest BCUT2D eigenvalue weighted by Crippen LogP contribution is 2.22. The minimum Gasteiger partial charge on any atom is -0.497 e. The molecule has 0 saturated heterocycles. The van der Waals surface area contributed by atoms with Crippen molar-refractivity contribution in [2.24, 2.45) is 0 Å². The Bertz CT molecular complexity index is 615. The Labute approximate surface area is 131 Å². The van der Waals surface area contributed by atoms with E-state index in [1.54, 1.807) is 7.11 Å². The number of nitrogens with one attached hydrogen (secondary N) is 1. The van der Waals surface area contributed by atoms with Crippen molar-refractivity contribution in [2.45, 2.75) is 20.4 Å². The monoisotopic (exact) mass is 299 g/mol. The third-order valence-corrected chi connectivity index (χ3v) is 3.41. The predicted octanol–water partition coefficient (Wildman–Crippen LogP) is 3.01. The molecule has 4 nitrogen and oxygen atoms in total. The van der Waals surface area contributed by atoms with Crippen LogP contribution in [0.3, 0.4) is 0 Å². The number of amides is 1. The molecule has 4 heteroatoms. The van der Waals surface area contributed by atoms with Gasteiger partial charge >= 0.3 is 0 Å². The number of carbonyl (C=O) groups is 1. The number of carbonyl (C=O) groups excluding carboxylic acids is 1. The largest absolute Gasteiger partial charge is 0.497 e. The van der Waals surface area contributed by atoms with Crippen LogP contribution in [0.25, 0.3) is 0 Å². The molecule has 116 valence electrons. The standard InChI is InChI=1S/C18H21NO3/c1-13-5-4-6-14(2)18(13)22-12-17(20)19-11-15-7-9-16(21-3)10-8-15/h4-10H,11-12H2,1-3H3,(H,19,20). The fourth-order valence-electron chi connectivity index (χ4n) is 2.16. The highest BCUT2D eigenvalue weighted by Gasteiger charge is 2.07. The van der Waals surface area contributed by atoms with Crippen LogP contribution in [0, 0.1) is 13.8 Å². The van der Waals surface area contributed by atoms with Crippen molar-refractivity contribution in [1.29, 1.82) is 0 Å². The Morgan fingerprint density at radius 1 is 1.05 bits per heavy atom. The molecule has 1 amide bonds. The van der Waals surface area contributed by atoms with Gasteiger partial charge in [0, 0.05) is 6.54 Å². The van der Waals surface area contributed by atoms with Gasteiger partial charge in [-0.15, -0.1) is 0 Å². The number of aryl methyl sites for hydroxylation is 2. The van der Waals surface area contributed by atoms with Crippen molar-refractivity contribution in [3.8, 4) is 11.5 Å². The van der Waals surface area contributed by atoms with Gasteiger partial charge in [0.05, 0.1) is 7.11 Å². The lowest BCUT2D eigenvalue weighted by atomic mass is 10.1. The molecule has 0 radical (unpaired) electrons. The summed E-state index contributed by atoms with van der Waals surface area (Å²) in [5, 5.41) is 2.84. The second kappa shape index (κ2) is 7.50. The minimum atomic E-state index is -0.140. The van der Waals surface area contributed by atoms with Crippen LogP contribution in [0.1, 0.15) is 16.7 Å². The first kappa shape index (κ1) is 15.9. The molecule has 0 aromatic heterocycles. The number of benzene rings is 2. The second-order valence-corrected chi connectivity index (χ2v) is 5.13. The van der Waals surface area contributed by atoms with Crippen LogP contribution < -0.4 is 14.8 Å². The van der Waals surface area contributed by atoms with Gasteiger partial charge in [0.2, 0.25) is 0 Å². The molecule has 0 aliphatic heterocycles. The maximum absolute atomic E-state index is 11.9. The molecule has 0 heterocycles. The summed E-state index contributed by atoms with van der Waals surface area (Å²) in [7, 11) is 1.63. The van der Waals surface area contributed by atoms with Crippen LogP contribution in [0.15, 0.2) is 42.5 Å². The van der Waals surface area contributed by atoms with E-state index >= 15 is 0 Å². The molecule has 1 N–H and O–H groups in total. The molecule has 0 aliphatic carbocycles. The molecule has 2 aromatic rings. The molecule has 0 atom stereocenters. The summed E-state index contributed by atoms with van der Waals surface area (Å²) in [5.74, 6) is 1.44. The van der Waals surface area contributed by atoms with Crippen LogP contribution >= 0.6 is 0 Å². The van der Waals surface area contributed by atoms with Crippen molar-refractivity contribution in [2.75, 3.05) is 13.7 Å². The van der Waals surface area contributed by atoms with Crippen molar-refractivity contribution in [3.63, 3.8) is 0 Å². The zero-order chi connectivity index (χ0) is 15.9. The van der Waals surface area contributed by atoms with Crippen molar-refractivity contribution in [1.82, 2.24) is 5.32 Å². The van der Waals surface area contributed by atoms with E-state index in [1.807, 2.05) is 56.3 Å². The molecule has 2 rings (SSSR count). The Morgan fingerprint density at radius 2 is 1.68 bits per heavy atom. The number of methoxy groups -OCH3 is 1. The molecular weight excluding hydrogens is 278 g/mol. The topological polar surface area (TPSA) is 47.6 Å². The lowest BCUT2D eigenvalue weighted by Gasteiger charge is -2.12. The van der Waals surface area contributed by atoms with Gasteiger partial charge in [-0.05, 0) is 42.7 Å². The minimum absolute atomic E-state index is 0.0157. The smallest absolute Gasteiger partial charge is 0.258 e. The van der Waals surface area contributed by atoms with Crippen molar-refractivity contribution in [3.05, 3.63) is 59.2 Å². The summed E-state index contributed by atoms with van der Waals surface area (Å²) in [6.45, 7) is 4.43. The van der Waals surface area contributed by atoms with Gasteiger partial charge in [-0.1, -0.05) is 30.3 Å². The average Bonchev–Trinajstić information content (AvgIpc) is 2.53. The van der Waals surface area contributed by atoms with Crippen LogP contribution in [-0.2, 0) is 11.3 Å².